The Kier molecular flexibility index (Phi) is 3.50. The number of hydrogen-bond donors (Lipinski definition) is 1. The lowest BCUT2D eigenvalue weighted by atomic mass is 9.90. The number of amides is 1. The first-order chi connectivity index (χ1) is 9.29. The second kappa shape index (κ2) is 5.28. The first-order valence-electron chi connectivity index (χ1n) is 7.13. The molecule has 0 aromatic carbocycles. The van der Waals surface area contributed by atoms with Crippen molar-refractivity contribution in [2.24, 2.45) is 0 Å². The minimum Gasteiger partial charge on any atom is -0.374 e. The third-order valence-electron chi connectivity index (χ3n) is 4.05. The summed E-state index contributed by atoms with van der Waals surface area (Å²) >= 11 is 0. The largest absolute Gasteiger partial charge is 0.374 e. The molecule has 0 radical (unpaired) electrons. The first-order valence-corrected chi connectivity index (χ1v) is 7.13. The fraction of sp³-hybridized carbons (Fsp3) is 0.769. The quantitative estimate of drug-likeness (QED) is 0.870. The second-order valence-electron chi connectivity index (χ2n) is 5.22. The van der Waals surface area contributed by atoms with E-state index in [2.05, 4.69) is 15.2 Å². The molecule has 0 bridgehead atoms. The van der Waals surface area contributed by atoms with E-state index >= 15 is 0 Å². The Labute approximate surface area is 112 Å². The van der Waals surface area contributed by atoms with E-state index < -0.39 is 0 Å². The number of aromatic nitrogens is 3. The average molecular weight is 264 g/mol. The van der Waals surface area contributed by atoms with Crippen LogP contribution in [0, 0.1) is 0 Å². The number of carbonyl (C=O) groups is 1. The minimum atomic E-state index is -0.0591. The molecular formula is C13H20N4O2. The maximum atomic E-state index is 12.5. The minimum absolute atomic E-state index is 0.0591. The van der Waals surface area contributed by atoms with Gasteiger partial charge in [0.2, 0.25) is 5.82 Å². The van der Waals surface area contributed by atoms with Gasteiger partial charge in [0.05, 0.1) is 18.8 Å². The van der Waals surface area contributed by atoms with Gasteiger partial charge >= 0.3 is 0 Å². The van der Waals surface area contributed by atoms with Gasteiger partial charge in [-0.3, -0.25) is 9.89 Å². The van der Waals surface area contributed by atoms with Gasteiger partial charge in [-0.25, -0.2) is 4.98 Å². The summed E-state index contributed by atoms with van der Waals surface area (Å²) in [4.78, 5) is 18.7. The van der Waals surface area contributed by atoms with Gasteiger partial charge in [0.25, 0.3) is 5.91 Å². The molecule has 0 spiro atoms. The molecule has 2 aliphatic rings. The van der Waals surface area contributed by atoms with E-state index in [0.29, 0.717) is 19.0 Å². The topological polar surface area (TPSA) is 71.1 Å². The van der Waals surface area contributed by atoms with Crippen LogP contribution in [0.2, 0.25) is 0 Å². The summed E-state index contributed by atoms with van der Waals surface area (Å²) in [6.45, 7) is 3.26. The monoisotopic (exact) mass is 264 g/mol. The zero-order valence-electron chi connectivity index (χ0n) is 11.3. The lowest BCUT2D eigenvalue weighted by Crippen LogP contribution is -2.55. The van der Waals surface area contributed by atoms with E-state index in [1.54, 1.807) is 0 Å². The second-order valence-corrected chi connectivity index (χ2v) is 5.22. The molecule has 2 unspecified atom stereocenters. The normalized spacial score (nSPS) is 27.1. The Morgan fingerprint density at radius 3 is 3.11 bits per heavy atom. The van der Waals surface area contributed by atoms with Gasteiger partial charge < -0.3 is 9.64 Å². The van der Waals surface area contributed by atoms with Crippen molar-refractivity contribution in [2.75, 3.05) is 13.2 Å². The summed E-state index contributed by atoms with van der Waals surface area (Å²) in [6, 6.07) is 0.207. The molecule has 2 fully saturated rings. The molecule has 1 saturated heterocycles. The summed E-state index contributed by atoms with van der Waals surface area (Å²) in [6.07, 6.45) is 5.42. The van der Waals surface area contributed by atoms with E-state index in [0.717, 1.165) is 25.1 Å². The molecule has 1 amide bonds. The zero-order valence-corrected chi connectivity index (χ0v) is 11.3. The van der Waals surface area contributed by atoms with E-state index in [4.69, 9.17) is 4.74 Å². The van der Waals surface area contributed by atoms with Crippen molar-refractivity contribution < 1.29 is 9.53 Å². The molecule has 1 saturated carbocycles. The number of morpholine rings is 1. The summed E-state index contributed by atoms with van der Waals surface area (Å²) in [5.74, 6) is 0.996. The van der Waals surface area contributed by atoms with Crippen LogP contribution in [0.1, 0.15) is 49.1 Å². The highest BCUT2D eigenvalue weighted by atomic mass is 16.5. The predicted molar refractivity (Wildman–Crippen MR) is 68.8 cm³/mol. The molecule has 1 N–H and O–H groups in total. The van der Waals surface area contributed by atoms with Crippen LogP contribution in [0.15, 0.2) is 0 Å². The Bertz CT molecular complexity index is 457. The number of fused-ring (bicyclic) bond motifs is 1. The van der Waals surface area contributed by atoms with Crippen molar-refractivity contribution in [3.05, 3.63) is 11.6 Å². The Morgan fingerprint density at radius 2 is 2.32 bits per heavy atom. The highest BCUT2D eigenvalue weighted by Gasteiger charge is 2.37. The van der Waals surface area contributed by atoms with Gasteiger partial charge in [0.1, 0.15) is 5.82 Å². The highest BCUT2D eigenvalue weighted by molar-refractivity contribution is 5.90. The third kappa shape index (κ3) is 2.36. The first kappa shape index (κ1) is 12.6. The smallest absolute Gasteiger partial charge is 0.293 e. The maximum Gasteiger partial charge on any atom is 0.293 e. The molecule has 2 atom stereocenters. The summed E-state index contributed by atoms with van der Waals surface area (Å²) in [7, 11) is 0. The van der Waals surface area contributed by atoms with Crippen molar-refractivity contribution in [1.29, 1.82) is 0 Å². The number of ether oxygens (including phenoxy) is 1. The summed E-state index contributed by atoms with van der Waals surface area (Å²) in [5.41, 5.74) is 0. The van der Waals surface area contributed by atoms with Crippen molar-refractivity contribution in [3.8, 4) is 0 Å². The van der Waals surface area contributed by atoms with Crippen molar-refractivity contribution in [3.63, 3.8) is 0 Å². The van der Waals surface area contributed by atoms with Crippen LogP contribution in [0.3, 0.4) is 0 Å². The summed E-state index contributed by atoms with van der Waals surface area (Å²) in [5, 5.41) is 6.84. The van der Waals surface area contributed by atoms with Crippen LogP contribution in [-0.2, 0) is 11.2 Å². The molecular weight excluding hydrogens is 244 g/mol. The van der Waals surface area contributed by atoms with E-state index in [1.807, 2.05) is 11.8 Å². The van der Waals surface area contributed by atoms with Gasteiger partial charge in [-0.2, -0.15) is 0 Å². The SMILES string of the molecule is CCc1nc(C(=O)N2CCOC3CCCCC32)n[nH]1. The number of rotatable bonds is 2. The van der Waals surface area contributed by atoms with Crippen molar-refractivity contribution in [1.82, 2.24) is 20.1 Å². The predicted octanol–water partition coefficient (Wildman–Crippen LogP) is 1.15. The summed E-state index contributed by atoms with van der Waals surface area (Å²) < 4.78 is 5.78. The molecule has 2 heterocycles. The van der Waals surface area contributed by atoms with Crippen molar-refractivity contribution in [2.45, 2.75) is 51.2 Å². The molecule has 1 aromatic rings. The molecule has 3 rings (SSSR count). The Morgan fingerprint density at radius 1 is 1.47 bits per heavy atom. The van der Waals surface area contributed by atoms with E-state index in [1.165, 1.54) is 12.8 Å². The molecule has 6 nitrogen and oxygen atoms in total. The number of hydrogen-bond acceptors (Lipinski definition) is 4. The van der Waals surface area contributed by atoms with Crippen LogP contribution >= 0.6 is 0 Å². The highest BCUT2D eigenvalue weighted by Crippen LogP contribution is 2.29. The standard InChI is InChI=1S/C13H20N4O2/c1-2-11-14-12(16-15-11)13(18)17-7-8-19-10-6-4-3-5-9(10)17/h9-10H,2-8H2,1H3,(H,14,15,16). The van der Waals surface area contributed by atoms with Gasteiger partial charge in [-0.1, -0.05) is 19.8 Å². The van der Waals surface area contributed by atoms with Crippen LogP contribution in [0.4, 0.5) is 0 Å². The Balaban J connectivity index is 1.77. The zero-order chi connectivity index (χ0) is 13.2. The average Bonchev–Trinajstić information content (AvgIpc) is 2.95. The number of H-pyrrole nitrogens is 1. The number of aromatic amines is 1. The Hall–Kier alpha value is -1.43. The third-order valence-corrected chi connectivity index (χ3v) is 4.05. The lowest BCUT2D eigenvalue weighted by Gasteiger charge is -2.43. The van der Waals surface area contributed by atoms with E-state index in [-0.39, 0.29) is 18.1 Å². The fourth-order valence-corrected chi connectivity index (χ4v) is 3.03. The number of nitrogens with one attached hydrogen (secondary N) is 1. The molecule has 1 aliphatic heterocycles. The van der Waals surface area contributed by atoms with E-state index in [9.17, 15) is 4.79 Å². The van der Waals surface area contributed by atoms with Gasteiger partial charge in [-0.05, 0) is 12.8 Å². The molecule has 19 heavy (non-hydrogen) atoms. The molecule has 104 valence electrons. The lowest BCUT2D eigenvalue weighted by molar-refractivity contribution is -0.0755. The van der Waals surface area contributed by atoms with Crippen LogP contribution < -0.4 is 0 Å². The van der Waals surface area contributed by atoms with Crippen LogP contribution in [0.5, 0.6) is 0 Å². The van der Waals surface area contributed by atoms with Crippen molar-refractivity contribution >= 4 is 5.91 Å². The number of aryl methyl sites for hydroxylation is 1. The van der Waals surface area contributed by atoms with Gasteiger partial charge in [0, 0.05) is 13.0 Å². The van der Waals surface area contributed by atoms with Crippen LogP contribution in [0.25, 0.3) is 0 Å². The fourth-order valence-electron chi connectivity index (χ4n) is 3.03. The number of nitrogens with zero attached hydrogens (tertiary/aromatic N) is 3. The van der Waals surface area contributed by atoms with Gasteiger partial charge in [-0.15, -0.1) is 5.10 Å². The molecule has 1 aromatic heterocycles. The van der Waals surface area contributed by atoms with Gasteiger partial charge in [0.15, 0.2) is 0 Å². The molecule has 6 heteroatoms. The van der Waals surface area contributed by atoms with Crippen LogP contribution in [-0.4, -0.2) is 51.3 Å². The molecule has 1 aliphatic carbocycles. The maximum absolute atomic E-state index is 12.5. The number of carbonyl (C=O) groups excluding carboxylic acids is 1.